The Kier molecular flexibility index (Phi) is 6.87. The van der Waals surface area contributed by atoms with Crippen molar-refractivity contribution < 1.29 is 34.6 Å². The molecule has 2 aromatic carbocycles. The van der Waals surface area contributed by atoms with Crippen molar-refractivity contribution in [2.75, 3.05) is 19.6 Å². The molecule has 0 spiro atoms. The van der Waals surface area contributed by atoms with Gasteiger partial charge in [0.15, 0.2) is 0 Å². The molecule has 0 radical (unpaired) electrons. The Morgan fingerprint density at radius 2 is 1.85 bits per heavy atom. The predicted octanol–water partition coefficient (Wildman–Crippen LogP) is 0.841. The third kappa shape index (κ3) is 5.13. The van der Waals surface area contributed by atoms with Crippen LogP contribution in [0, 0.1) is 0 Å². The van der Waals surface area contributed by atoms with Gasteiger partial charge < -0.3 is 35.2 Å². The first-order valence-electron chi connectivity index (χ1n) is 11.0. The average Bonchev–Trinajstić information content (AvgIpc) is 3.25. The van der Waals surface area contributed by atoms with E-state index in [1.54, 1.807) is 4.90 Å². The summed E-state index contributed by atoms with van der Waals surface area (Å²) < 4.78 is 5.78. The topological polar surface area (TPSA) is 140 Å². The van der Waals surface area contributed by atoms with Crippen molar-refractivity contribution >= 4 is 19.0 Å². The Labute approximate surface area is 191 Å². The van der Waals surface area contributed by atoms with Crippen LogP contribution < -0.4 is 10.1 Å². The Morgan fingerprint density at radius 1 is 1.12 bits per heavy atom. The molecule has 0 aromatic heterocycles. The van der Waals surface area contributed by atoms with Gasteiger partial charge in [-0.05, 0) is 42.3 Å². The number of carboxylic acids is 1. The maximum Gasteiger partial charge on any atom is 0.451 e. The highest BCUT2D eigenvalue weighted by molar-refractivity contribution is 6.41. The highest BCUT2D eigenvalue weighted by atomic mass is 16.5. The van der Waals surface area contributed by atoms with Crippen LogP contribution in [0.4, 0.5) is 0 Å². The van der Waals surface area contributed by atoms with Gasteiger partial charge in [0.1, 0.15) is 23.2 Å². The normalized spacial score (nSPS) is 20.4. The summed E-state index contributed by atoms with van der Waals surface area (Å²) in [5.74, 6) is -1.47. The number of nitrogens with zero attached hydrogens (tertiary/aromatic N) is 1. The molecule has 0 saturated carbocycles. The zero-order chi connectivity index (χ0) is 23.5. The molecule has 1 amide bonds. The molecule has 2 saturated heterocycles. The second-order valence-corrected chi connectivity index (χ2v) is 8.56. The van der Waals surface area contributed by atoms with E-state index in [0.717, 1.165) is 13.0 Å². The molecule has 0 unspecified atom stereocenters. The fourth-order valence-electron chi connectivity index (χ4n) is 4.40. The van der Waals surface area contributed by atoms with E-state index in [1.165, 1.54) is 17.7 Å². The predicted molar refractivity (Wildman–Crippen MR) is 120 cm³/mol. The molecule has 2 aromatic rings. The fourth-order valence-corrected chi connectivity index (χ4v) is 4.40. The van der Waals surface area contributed by atoms with Crippen molar-refractivity contribution in [1.82, 2.24) is 10.2 Å². The number of hydrogen-bond acceptors (Lipinski definition) is 7. The molecule has 174 valence electrons. The lowest BCUT2D eigenvalue weighted by Gasteiger charge is -2.40. The Morgan fingerprint density at radius 3 is 2.52 bits per heavy atom. The van der Waals surface area contributed by atoms with E-state index in [2.05, 4.69) is 17.4 Å². The van der Waals surface area contributed by atoms with Gasteiger partial charge in [-0.3, -0.25) is 4.79 Å². The maximum absolute atomic E-state index is 12.8. The minimum absolute atomic E-state index is 0.00694. The minimum atomic E-state index is -1.55. The van der Waals surface area contributed by atoms with E-state index in [4.69, 9.17) is 14.8 Å². The Balaban J connectivity index is 1.34. The molecule has 4 rings (SSSR count). The highest BCUT2D eigenvalue weighted by Crippen LogP contribution is 2.34. The summed E-state index contributed by atoms with van der Waals surface area (Å²) in [7, 11) is -1.55. The van der Waals surface area contributed by atoms with Gasteiger partial charge >= 0.3 is 13.1 Å². The van der Waals surface area contributed by atoms with E-state index in [1.807, 2.05) is 18.2 Å². The van der Waals surface area contributed by atoms with Crippen LogP contribution in [0.15, 0.2) is 42.5 Å². The lowest BCUT2D eigenvalue weighted by molar-refractivity contribution is -0.142. The molecule has 9 nitrogen and oxygen atoms in total. The summed E-state index contributed by atoms with van der Waals surface area (Å²) in [5, 5.41) is 41.2. The number of hydrogen-bond donors (Lipinski definition) is 5. The number of amides is 1. The van der Waals surface area contributed by atoms with Gasteiger partial charge in [0, 0.05) is 6.54 Å². The molecule has 2 atom stereocenters. The lowest BCUT2D eigenvalue weighted by Crippen LogP contribution is -2.59. The second kappa shape index (κ2) is 9.82. The molecule has 2 aliphatic heterocycles. The van der Waals surface area contributed by atoms with Crippen LogP contribution in [0.1, 0.15) is 33.8 Å². The zero-order valence-corrected chi connectivity index (χ0v) is 18.1. The Hall–Kier alpha value is -3.08. The van der Waals surface area contributed by atoms with Crippen LogP contribution in [0.5, 0.6) is 11.5 Å². The third-order valence-corrected chi connectivity index (χ3v) is 6.26. The zero-order valence-electron chi connectivity index (χ0n) is 18.1. The van der Waals surface area contributed by atoms with Crippen molar-refractivity contribution in [3.8, 4) is 11.5 Å². The first kappa shape index (κ1) is 23.1. The summed E-state index contributed by atoms with van der Waals surface area (Å²) in [5.41, 5.74) is 1.13. The average molecular weight is 454 g/mol. The summed E-state index contributed by atoms with van der Waals surface area (Å²) in [6.07, 6.45) is 0.426. The number of carbonyl (C=O) groups excluding carboxylic acids is 1. The molecule has 2 heterocycles. The summed E-state index contributed by atoms with van der Waals surface area (Å²) >= 11 is 0. The van der Waals surface area contributed by atoms with E-state index in [9.17, 15) is 19.8 Å². The van der Waals surface area contributed by atoms with Gasteiger partial charge in [0.25, 0.3) is 0 Å². The van der Waals surface area contributed by atoms with Gasteiger partial charge in [0.05, 0.1) is 19.1 Å². The number of aromatic carboxylic acids is 1. The number of nitrogens with one attached hydrogen (secondary N) is 1. The number of aromatic hydroxyl groups is 1. The highest BCUT2D eigenvalue weighted by Gasteiger charge is 2.39. The monoisotopic (exact) mass is 454 g/mol. The first-order chi connectivity index (χ1) is 15.8. The van der Waals surface area contributed by atoms with E-state index < -0.39 is 18.8 Å². The van der Waals surface area contributed by atoms with Crippen LogP contribution >= 0.6 is 0 Å². The smallest absolute Gasteiger partial charge is 0.451 e. The van der Waals surface area contributed by atoms with Crippen LogP contribution in [-0.2, 0) is 11.2 Å². The largest absolute Gasteiger partial charge is 0.507 e. The van der Waals surface area contributed by atoms with Crippen LogP contribution in [0.25, 0.3) is 0 Å². The van der Waals surface area contributed by atoms with Gasteiger partial charge in [-0.2, -0.15) is 0 Å². The van der Waals surface area contributed by atoms with E-state index in [0.29, 0.717) is 24.6 Å². The van der Waals surface area contributed by atoms with Crippen molar-refractivity contribution in [1.29, 1.82) is 0 Å². The van der Waals surface area contributed by atoms with E-state index in [-0.39, 0.29) is 42.1 Å². The standard InChI is InChI=1S/C23H27BN2O7/c27-21-15(8-9-24(31)32)6-7-19(20(21)23(29)30)33-17-12-26(13-17)22(28)18-10-16(11-25-18)14-4-2-1-3-5-14/h1-7,16-18,25,27,31-32H,8-13H2,(H,29,30)/t16-,18-/m0/s1. The van der Waals surface area contributed by atoms with Crippen molar-refractivity contribution in [3.63, 3.8) is 0 Å². The lowest BCUT2D eigenvalue weighted by atomic mass is 9.82. The van der Waals surface area contributed by atoms with Crippen LogP contribution in [0.3, 0.4) is 0 Å². The second-order valence-electron chi connectivity index (χ2n) is 8.56. The minimum Gasteiger partial charge on any atom is -0.507 e. The number of phenols is 1. The van der Waals surface area contributed by atoms with Gasteiger partial charge in [-0.15, -0.1) is 0 Å². The SMILES string of the molecule is O=C(O)c1c(OC2CN(C(=O)[C@@H]3C[C@H](c4ccccc4)CN3)C2)ccc(CCB(O)O)c1O. The van der Waals surface area contributed by atoms with Crippen molar-refractivity contribution in [3.05, 3.63) is 59.2 Å². The quantitative estimate of drug-likeness (QED) is 0.370. The van der Waals surface area contributed by atoms with Crippen molar-refractivity contribution in [2.24, 2.45) is 0 Å². The van der Waals surface area contributed by atoms with Crippen LogP contribution in [0.2, 0.25) is 6.32 Å². The molecular formula is C23H27BN2O7. The third-order valence-electron chi connectivity index (χ3n) is 6.26. The molecule has 10 heteroatoms. The van der Waals surface area contributed by atoms with Gasteiger partial charge in [-0.25, -0.2) is 4.79 Å². The molecular weight excluding hydrogens is 427 g/mol. The fraction of sp³-hybridized carbons (Fsp3) is 0.391. The molecule has 33 heavy (non-hydrogen) atoms. The number of benzene rings is 2. The molecule has 2 fully saturated rings. The summed E-state index contributed by atoms with van der Waals surface area (Å²) in [4.78, 5) is 26.2. The summed E-state index contributed by atoms with van der Waals surface area (Å²) in [6, 6.07) is 12.8. The summed E-state index contributed by atoms with van der Waals surface area (Å²) in [6.45, 7) is 1.42. The van der Waals surface area contributed by atoms with Gasteiger partial charge in [0.2, 0.25) is 5.91 Å². The number of ether oxygens (including phenoxy) is 1. The number of rotatable bonds is 8. The van der Waals surface area contributed by atoms with Gasteiger partial charge in [-0.1, -0.05) is 36.4 Å². The molecule has 5 N–H and O–H groups in total. The number of carboxylic acid groups (broad SMARTS) is 1. The molecule has 0 bridgehead atoms. The Bertz CT molecular complexity index is 1010. The van der Waals surface area contributed by atoms with Crippen molar-refractivity contribution in [2.45, 2.75) is 37.2 Å². The molecule has 0 aliphatic carbocycles. The van der Waals surface area contributed by atoms with E-state index >= 15 is 0 Å². The number of carbonyl (C=O) groups is 2. The van der Waals surface area contributed by atoms with Crippen LogP contribution in [-0.4, -0.2) is 75.9 Å². The number of aryl methyl sites for hydroxylation is 1. The molecule has 2 aliphatic rings. The maximum atomic E-state index is 12.8. The first-order valence-corrected chi connectivity index (χ1v) is 11.0. The number of likely N-dealkylation sites (tertiary alicyclic amines) is 1.